The molecule has 1 aromatic carbocycles. The van der Waals surface area contributed by atoms with E-state index in [0.29, 0.717) is 11.5 Å². The minimum Gasteiger partial charge on any atom is -0.371 e. The molecule has 1 N–H and O–H groups in total. The molecule has 0 radical (unpaired) electrons. The fraction of sp³-hybridized carbons (Fsp3) is 0.412. The van der Waals surface area contributed by atoms with Crippen molar-refractivity contribution in [3.8, 4) is 0 Å². The first-order valence-corrected chi connectivity index (χ1v) is 8.21. The van der Waals surface area contributed by atoms with E-state index in [2.05, 4.69) is 15.3 Å². The topological polar surface area (TPSA) is 93.3 Å². The molecule has 0 spiro atoms. The summed E-state index contributed by atoms with van der Waals surface area (Å²) in [7, 11) is 3.43. The third-order valence-corrected chi connectivity index (χ3v) is 4.57. The van der Waals surface area contributed by atoms with E-state index < -0.39 is 4.92 Å². The van der Waals surface area contributed by atoms with Gasteiger partial charge in [-0.25, -0.2) is 0 Å². The normalized spacial score (nSPS) is 16.9. The summed E-state index contributed by atoms with van der Waals surface area (Å²) >= 11 is 0. The molecule has 1 saturated heterocycles. The number of rotatable bonds is 5. The quantitative estimate of drug-likeness (QED) is 0.659. The van der Waals surface area contributed by atoms with Crippen LogP contribution in [0, 0.1) is 16.0 Å². The molecule has 132 valence electrons. The molecular weight excluding hydrogens is 322 g/mol. The van der Waals surface area contributed by atoms with Crippen molar-refractivity contribution in [2.45, 2.75) is 12.8 Å². The van der Waals surface area contributed by atoms with Crippen molar-refractivity contribution < 1.29 is 9.72 Å². The zero-order chi connectivity index (χ0) is 18.0. The summed E-state index contributed by atoms with van der Waals surface area (Å²) in [5, 5.41) is 17.8. The summed E-state index contributed by atoms with van der Waals surface area (Å²) in [4.78, 5) is 24.8. The largest absolute Gasteiger partial charge is 0.371 e. The Kier molecular flexibility index (Phi) is 4.69. The Bertz CT molecular complexity index is 801. The zero-order valence-corrected chi connectivity index (χ0v) is 14.3. The van der Waals surface area contributed by atoms with Crippen LogP contribution in [-0.4, -0.2) is 40.7 Å². The van der Waals surface area contributed by atoms with Crippen molar-refractivity contribution in [2.75, 3.05) is 25.0 Å². The number of carbonyl (C=O) groups is 1. The molecule has 1 amide bonds. The van der Waals surface area contributed by atoms with Gasteiger partial charge in [0.1, 0.15) is 0 Å². The number of nitro benzene ring substituents is 1. The number of aryl methyl sites for hydroxylation is 1. The highest BCUT2D eigenvalue weighted by molar-refractivity contribution is 6.00. The van der Waals surface area contributed by atoms with Crippen LogP contribution in [0.3, 0.4) is 0 Å². The van der Waals surface area contributed by atoms with Gasteiger partial charge in [-0.15, -0.1) is 0 Å². The Hall–Kier alpha value is -2.90. The van der Waals surface area contributed by atoms with Crippen LogP contribution in [-0.2, 0) is 13.5 Å². The second kappa shape index (κ2) is 6.92. The van der Waals surface area contributed by atoms with E-state index in [4.69, 9.17) is 0 Å². The fourth-order valence-electron chi connectivity index (χ4n) is 3.36. The van der Waals surface area contributed by atoms with Crippen molar-refractivity contribution in [1.82, 2.24) is 15.1 Å². The van der Waals surface area contributed by atoms with Gasteiger partial charge in [0.2, 0.25) is 0 Å². The number of benzene rings is 1. The van der Waals surface area contributed by atoms with E-state index in [9.17, 15) is 14.9 Å². The number of nitrogens with zero attached hydrogens (tertiary/aromatic N) is 4. The van der Waals surface area contributed by atoms with Gasteiger partial charge in [0.15, 0.2) is 0 Å². The lowest BCUT2D eigenvalue weighted by molar-refractivity contribution is -0.384. The van der Waals surface area contributed by atoms with Crippen molar-refractivity contribution in [3.05, 3.63) is 51.8 Å². The van der Waals surface area contributed by atoms with Crippen LogP contribution in [0.2, 0.25) is 0 Å². The maximum absolute atomic E-state index is 12.2. The Labute approximate surface area is 145 Å². The molecule has 1 aliphatic heterocycles. The number of carbonyl (C=O) groups excluding carboxylic acids is 1. The molecule has 0 bridgehead atoms. The average molecular weight is 343 g/mol. The molecule has 2 heterocycles. The summed E-state index contributed by atoms with van der Waals surface area (Å²) in [5.74, 6) is 0.159. The Morgan fingerprint density at radius 1 is 1.48 bits per heavy atom. The van der Waals surface area contributed by atoms with Crippen molar-refractivity contribution in [1.29, 1.82) is 0 Å². The van der Waals surface area contributed by atoms with Crippen LogP contribution in [0.25, 0.3) is 0 Å². The molecule has 0 aliphatic carbocycles. The SMILES string of the molecule is CNC(=O)c1cc([N+](=O)[O-])ccc1N1CCC(Cc2cnn(C)c2)C1. The van der Waals surface area contributed by atoms with E-state index in [0.717, 1.165) is 31.6 Å². The number of hydrogen-bond acceptors (Lipinski definition) is 5. The standard InChI is InChI=1S/C17H21N5O3/c1-18-17(23)15-8-14(22(24)25)3-4-16(15)21-6-5-12(11-21)7-13-9-19-20(2)10-13/h3-4,8-10,12H,5-7,11H2,1-2H3,(H,18,23). The first kappa shape index (κ1) is 16.9. The third kappa shape index (κ3) is 3.62. The maximum atomic E-state index is 12.2. The Morgan fingerprint density at radius 3 is 2.92 bits per heavy atom. The number of aromatic nitrogens is 2. The highest BCUT2D eigenvalue weighted by Gasteiger charge is 2.27. The molecule has 2 aromatic rings. The highest BCUT2D eigenvalue weighted by Crippen LogP contribution is 2.31. The Balaban J connectivity index is 1.79. The van der Waals surface area contributed by atoms with E-state index in [1.165, 1.54) is 24.7 Å². The Morgan fingerprint density at radius 2 is 2.28 bits per heavy atom. The number of nitrogens with one attached hydrogen (secondary N) is 1. The van der Waals surface area contributed by atoms with Crippen molar-refractivity contribution >= 4 is 17.3 Å². The number of anilines is 1. The van der Waals surface area contributed by atoms with E-state index >= 15 is 0 Å². The average Bonchev–Trinajstić information content (AvgIpc) is 3.23. The van der Waals surface area contributed by atoms with Crippen LogP contribution < -0.4 is 10.2 Å². The first-order chi connectivity index (χ1) is 12.0. The van der Waals surface area contributed by atoms with Gasteiger partial charge in [-0.3, -0.25) is 19.6 Å². The second-order valence-electron chi connectivity index (χ2n) is 6.36. The molecule has 1 fully saturated rings. The lowest BCUT2D eigenvalue weighted by atomic mass is 10.0. The van der Waals surface area contributed by atoms with Crippen LogP contribution in [0.1, 0.15) is 22.3 Å². The lowest BCUT2D eigenvalue weighted by Gasteiger charge is -2.21. The van der Waals surface area contributed by atoms with Crippen molar-refractivity contribution in [2.24, 2.45) is 13.0 Å². The van der Waals surface area contributed by atoms with Crippen LogP contribution >= 0.6 is 0 Å². The van der Waals surface area contributed by atoms with Gasteiger partial charge in [-0.1, -0.05) is 0 Å². The molecule has 1 unspecified atom stereocenters. The van der Waals surface area contributed by atoms with Gasteiger partial charge in [0, 0.05) is 45.5 Å². The van der Waals surface area contributed by atoms with Gasteiger partial charge < -0.3 is 10.2 Å². The molecule has 3 rings (SSSR count). The molecular formula is C17H21N5O3. The summed E-state index contributed by atoms with van der Waals surface area (Å²) in [6.45, 7) is 1.64. The van der Waals surface area contributed by atoms with Gasteiger partial charge in [0.25, 0.3) is 11.6 Å². The molecule has 8 heteroatoms. The summed E-state index contributed by atoms with van der Waals surface area (Å²) in [6, 6.07) is 4.48. The summed E-state index contributed by atoms with van der Waals surface area (Å²) in [5.41, 5.74) is 2.22. The number of amides is 1. The van der Waals surface area contributed by atoms with Gasteiger partial charge in [-0.2, -0.15) is 5.10 Å². The fourth-order valence-corrected chi connectivity index (χ4v) is 3.36. The zero-order valence-electron chi connectivity index (χ0n) is 14.3. The number of hydrogen-bond donors (Lipinski definition) is 1. The highest BCUT2D eigenvalue weighted by atomic mass is 16.6. The molecule has 8 nitrogen and oxygen atoms in total. The second-order valence-corrected chi connectivity index (χ2v) is 6.36. The molecule has 0 saturated carbocycles. The predicted molar refractivity (Wildman–Crippen MR) is 93.7 cm³/mol. The summed E-state index contributed by atoms with van der Waals surface area (Å²) < 4.78 is 1.79. The van der Waals surface area contributed by atoms with E-state index in [-0.39, 0.29) is 11.6 Å². The van der Waals surface area contributed by atoms with E-state index in [1.807, 2.05) is 19.4 Å². The van der Waals surface area contributed by atoms with Gasteiger partial charge >= 0.3 is 0 Å². The van der Waals surface area contributed by atoms with Crippen LogP contribution in [0.4, 0.5) is 11.4 Å². The van der Waals surface area contributed by atoms with Gasteiger partial charge in [-0.05, 0) is 30.4 Å². The molecule has 1 atom stereocenters. The van der Waals surface area contributed by atoms with Crippen LogP contribution in [0.5, 0.6) is 0 Å². The lowest BCUT2D eigenvalue weighted by Crippen LogP contribution is -2.26. The molecule has 1 aliphatic rings. The summed E-state index contributed by atoms with van der Waals surface area (Å²) in [6.07, 6.45) is 5.85. The number of nitro groups is 1. The predicted octanol–water partition coefficient (Wildman–Crippen LogP) is 1.76. The third-order valence-electron chi connectivity index (χ3n) is 4.57. The van der Waals surface area contributed by atoms with E-state index in [1.54, 1.807) is 10.7 Å². The minimum absolute atomic E-state index is 0.0755. The first-order valence-electron chi connectivity index (χ1n) is 8.21. The van der Waals surface area contributed by atoms with Crippen LogP contribution in [0.15, 0.2) is 30.6 Å². The van der Waals surface area contributed by atoms with Gasteiger partial charge in [0.05, 0.1) is 22.4 Å². The molecule has 25 heavy (non-hydrogen) atoms. The van der Waals surface area contributed by atoms with Crippen molar-refractivity contribution in [3.63, 3.8) is 0 Å². The minimum atomic E-state index is -0.481. The maximum Gasteiger partial charge on any atom is 0.270 e. The monoisotopic (exact) mass is 343 g/mol. The molecule has 1 aromatic heterocycles. The number of non-ortho nitro benzene ring substituents is 1. The smallest absolute Gasteiger partial charge is 0.270 e.